The molecule has 3 fully saturated rings. The molecule has 2 saturated carbocycles. The average molecular weight is 392 g/mol. The summed E-state index contributed by atoms with van der Waals surface area (Å²) in [6, 6.07) is 11.4. The van der Waals surface area contributed by atoms with E-state index in [2.05, 4.69) is 20.0 Å². The molecule has 7 heteroatoms. The van der Waals surface area contributed by atoms with Crippen LogP contribution in [0.25, 0.3) is 17.0 Å². The molecular weight excluding hydrogens is 367 g/mol. The Bertz CT molecular complexity index is 1040. The summed E-state index contributed by atoms with van der Waals surface area (Å²) >= 11 is 0. The molecule has 6 rings (SSSR count). The van der Waals surface area contributed by atoms with Gasteiger partial charge < -0.3 is 4.90 Å². The zero-order valence-corrected chi connectivity index (χ0v) is 16.4. The van der Waals surface area contributed by atoms with E-state index in [4.69, 9.17) is 5.10 Å². The van der Waals surface area contributed by atoms with Gasteiger partial charge in [0.2, 0.25) is 0 Å². The van der Waals surface area contributed by atoms with E-state index in [1.165, 1.54) is 31.7 Å². The summed E-state index contributed by atoms with van der Waals surface area (Å²) in [5, 5.41) is 13.1. The van der Waals surface area contributed by atoms with Gasteiger partial charge in [-0.05, 0) is 55.4 Å². The predicted molar refractivity (Wildman–Crippen MR) is 109 cm³/mol. The fourth-order valence-electron chi connectivity index (χ4n) is 5.70. The summed E-state index contributed by atoms with van der Waals surface area (Å²) in [6.45, 7) is 4.14. The SMILES string of the molecule is Fc1ccccc1-c1nnc2ccc(N3CCN(C4CC5CCC4C5)CC3)nn12. The van der Waals surface area contributed by atoms with E-state index in [0.29, 0.717) is 17.0 Å². The van der Waals surface area contributed by atoms with Gasteiger partial charge in [-0.1, -0.05) is 18.6 Å². The molecule has 0 spiro atoms. The van der Waals surface area contributed by atoms with Gasteiger partial charge in [-0.2, -0.15) is 4.52 Å². The number of benzene rings is 1. The van der Waals surface area contributed by atoms with E-state index >= 15 is 0 Å². The smallest absolute Gasteiger partial charge is 0.188 e. The van der Waals surface area contributed by atoms with Gasteiger partial charge in [0.25, 0.3) is 0 Å². The summed E-state index contributed by atoms with van der Waals surface area (Å²) in [5.74, 6) is 2.95. The van der Waals surface area contributed by atoms with Crippen molar-refractivity contribution in [2.45, 2.75) is 31.7 Å². The molecule has 3 atom stereocenters. The molecular formula is C22H25FN6. The zero-order chi connectivity index (χ0) is 19.4. The highest BCUT2D eigenvalue weighted by molar-refractivity contribution is 5.60. The lowest BCUT2D eigenvalue weighted by molar-refractivity contribution is 0.134. The lowest BCUT2D eigenvalue weighted by atomic mass is 9.93. The van der Waals surface area contributed by atoms with Gasteiger partial charge in [0.15, 0.2) is 11.5 Å². The number of hydrogen-bond donors (Lipinski definition) is 0. The molecule has 0 radical (unpaired) electrons. The number of fused-ring (bicyclic) bond motifs is 3. The maximum Gasteiger partial charge on any atom is 0.188 e. The molecule has 1 saturated heterocycles. The van der Waals surface area contributed by atoms with Crippen LogP contribution in [0.2, 0.25) is 0 Å². The molecule has 6 nitrogen and oxygen atoms in total. The van der Waals surface area contributed by atoms with Crippen LogP contribution in [0.5, 0.6) is 0 Å². The molecule has 3 heterocycles. The molecule has 3 aliphatic rings. The number of nitrogens with zero attached hydrogens (tertiary/aromatic N) is 6. The Morgan fingerprint density at radius 2 is 1.76 bits per heavy atom. The lowest BCUT2D eigenvalue weighted by Crippen LogP contribution is -2.52. The van der Waals surface area contributed by atoms with Gasteiger partial charge >= 0.3 is 0 Å². The molecule has 1 aliphatic heterocycles. The second kappa shape index (κ2) is 6.76. The van der Waals surface area contributed by atoms with Crippen LogP contribution in [-0.4, -0.2) is 56.9 Å². The highest BCUT2D eigenvalue weighted by Crippen LogP contribution is 2.46. The molecule has 1 aromatic carbocycles. The van der Waals surface area contributed by atoms with Crippen molar-refractivity contribution in [3.8, 4) is 11.4 Å². The minimum absolute atomic E-state index is 0.312. The molecule has 2 bridgehead atoms. The van der Waals surface area contributed by atoms with E-state index in [0.717, 1.165) is 49.9 Å². The molecule has 29 heavy (non-hydrogen) atoms. The van der Waals surface area contributed by atoms with Crippen LogP contribution >= 0.6 is 0 Å². The summed E-state index contributed by atoms with van der Waals surface area (Å²) in [4.78, 5) is 5.04. The molecule has 3 unspecified atom stereocenters. The highest BCUT2D eigenvalue weighted by Gasteiger charge is 2.42. The minimum Gasteiger partial charge on any atom is -0.353 e. The Morgan fingerprint density at radius 1 is 0.897 bits per heavy atom. The van der Waals surface area contributed by atoms with Gasteiger partial charge in [-0.3, -0.25) is 4.90 Å². The van der Waals surface area contributed by atoms with Crippen LogP contribution in [0, 0.1) is 17.7 Å². The van der Waals surface area contributed by atoms with Crippen molar-refractivity contribution in [1.82, 2.24) is 24.7 Å². The van der Waals surface area contributed by atoms with Crippen LogP contribution in [0.3, 0.4) is 0 Å². The van der Waals surface area contributed by atoms with E-state index in [-0.39, 0.29) is 5.82 Å². The van der Waals surface area contributed by atoms with Crippen molar-refractivity contribution in [2.24, 2.45) is 11.8 Å². The van der Waals surface area contributed by atoms with Crippen LogP contribution in [0.1, 0.15) is 25.7 Å². The first-order chi connectivity index (χ1) is 14.3. The fraction of sp³-hybridized carbons (Fsp3) is 0.500. The van der Waals surface area contributed by atoms with Crippen molar-refractivity contribution in [3.63, 3.8) is 0 Å². The second-order valence-corrected chi connectivity index (χ2v) is 8.73. The molecule has 0 N–H and O–H groups in total. The Morgan fingerprint density at radius 3 is 2.52 bits per heavy atom. The molecule has 0 amide bonds. The van der Waals surface area contributed by atoms with Gasteiger partial charge in [0.05, 0.1) is 5.56 Å². The normalized spacial score (nSPS) is 27.2. The minimum atomic E-state index is -0.312. The van der Waals surface area contributed by atoms with E-state index in [9.17, 15) is 4.39 Å². The van der Waals surface area contributed by atoms with E-state index < -0.39 is 0 Å². The van der Waals surface area contributed by atoms with Crippen molar-refractivity contribution < 1.29 is 4.39 Å². The molecule has 2 aromatic heterocycles. The quantitative estimate of drug-likeness (QED) is 0.685. The molecule has 2 aliphatic carbocycles. The van der Waals surface area contributed by atoms with Crippen LogP contribution in [0.15, 0.2) is 36.4 Å². The van der Waals surface area contributed by atoms with Crippen molar-refractivity contribution in [2.75, 3.05) is 31.1 Å². The van der Waals surface area contributed by atoms with Crippen molar-refractivity contribution in [1.29, 1.82) is 0 Å². The zero-order valence-electron chi connectivity index (χ0n) is 16.4. The first-order valence-electron chi connectivity index (χ1n) is 10.7. The lowest BCUT2D eigenvalue weighted by Gasteiger charge is -2.41. The maximum absolute atomic E-state index is 14.3. The standard InChI is InChI=1S/C22H25FN6/c23-18-4-2-1-3-17(18)22-25-24-20-7-8-21(26-29(20)22)28-11-9-27(10-12-28)19-14-15-5-6-16(19)13-15/h1-4,7-8,15-16,19H,5-6,9-14H2. The van der Waals surface area contributed by atoms with Crippen LogP contribution in [-0.2, 0) is 0 Å². The predicted octanol–water partition coefficient (Wildman–Crippen LogP) is 3.24. The number of aromatic nitrogens is 4. The average Bonchev–Trinajstić information content (AvgIpc) is 3.49. The monoisotopic (exact) mass is 392 g/mol. The Labute approximate surface area is 169 Å². The highest BCUT2D eigenvalue weighted by atomic mass is 19.1. The molecule has 3 aromatic rings. The first-order valence-corrected chi connectivity index (χ1v) is 10.7. The molecule has 150 valence electrons. The van der Waals surface area contributed by atoms with E-state index in [1.807, 2.05) is 12.1 Å². The number of piperazine rings is 1. The topological polar surface area (TPSA) is 49.6 Å². The van der Waals surface area contributed by atoms with Crippen molar-refractivity contribution >= 4 is 11.5 Å². The summed E-state index contributed by atoms with van der Waals surface area (Å²) < 4.78 is 15.9. The third-order valence-corrected chi connectivity index (χ3v) is 7.17. The summed E-state index contributed by atoms with van der Waals surface area (Å²) in [6.07, 6.45) is 5.74. The Hall–Kier alpha value is -2.54. The summed E-state index contributed by atoms with van der Waals surface area (Å²) in [5.41, 5.74) is 1.05. The van der Waals surface area contributed by atoms with Crippen molar-refractivity contribution in [3.05, 3.63) is 42.2 Å². The van der Waals surface area contributed by atoms with Crippen LogP contribution in [0.4, 0.5) is 10.2 Å². The largest absolute Gasteiger partial charge is 0.353 e. The van der Waals surface area contributed by atoms with Gasteiger partial charge in [0, 0.05) is 32.2 Å². The fourth-order valence-corrected chi connectivity index (χ4v) is 5.70. The summed E-state index contributed by atoms with van der Waals surface area (Å²) in [7, 11) is 0. The third kappa shape index (κ3) is 2.90. The number of rotatable bonds is 3. The van der Waals surface area contributed by atoms with Crippen LogP contribution < -0.4 is 4.90 Å². The Balaban J connectivity index is 1.23. The second-order valence-electron chi connectivity index (χ2n) is 8.73. The number of halogens is 1. The third-order valence-electron chi connectivity index (χ3n) is 7.17. The number of anilines is 1. The maximum atomic E-state index is 14.3. The first kappa shape index (κ1) is 17.3. The van der Waals surface area contributed by atoms with Gasteiger partial charge in [-0.25, -0.2) is 4.39 Å². The van der Waals surface area contributed by atoms with Gasteiger partial charge in [0.1, 0.15) is 11.6 Å². The van der Waals surface area contributed by atoms with E-state index in [1.54, 1.807) is 22.7 Å². The van der Waals surface area contributed by atoms with Gasteiger partial charge in [-0.15, -0.1) is 15.3 Å². The Kier molecular flexibility index (Phi) is 4.04. The number of hydrogen-bond acceptors (Lipinski definition) is 5.